The topological polar surface area (TPSA) is 66.5 Å². The quantitative estimate of drug-likeness (QED) is 0.865. The predicted octanol–water partition coefficient (Wildman–Crippen LogP) is 3.54. The normalized spacial score (nSPS) is 12.5. The van der Waals surface area contributed by atoms with Gasteiger partial charge in [0.15, 0.2) is 0 Å². The molecular formula is C19H23FN2O3S. The number of carbonyl (C=O) groups excluding carboxylic acids is 1. The van der Waals surface area contributed by atoms with Gasteiger partial charge in [-0.15, -0.1) is 0 Å². The first-order chi connectivity index (χ1) is 12.0. The first-order valence-corrected chi connectivity index (χ1v) is 10.00. The number of amides is 1. The summed E-state index contributed by atoms with van der Waals surface area (Å²) < 4.78 is 39.4. The molecule has 0 saturated carbocycles. The third kappa shape index (κ3) is 4.22. The minimum Gasteiger partial charge on any atom is -0.324 e. The number of hydrogen-bond acceptors (Lipinski definition) is 3. The summed E-state index contributed by atoms with van der Waals surface area (Å²) in [6, 6.07) is 8.21. The molecule has 7 heteroatoms. The van der Waals surface area contributed by atoms with E-state index in [1.165, 1.54) is 25.1 Å². The summed E-state index contributed by atoms with van der Waals surface area (Å²) in [5.41, 5.74) is 3.29. The van der Waals surface area contributed by atoms with E-state index in [0.717, 1.165) is 33.3 Å². The van der Waals surface area contributed by atoms with Crippen LogP contribution in [0.3, 0.4) is 0 Å². The number of anilines is 2. The van der Waals surface area contributed by atoms with Gasteiger partial charge in [-0.2, -0.15) is 0 Å². The molecule has 0 aliphatic rings. The maximum absolute atomic E-state index is 14.2. The van der Waals surface area contributed by atoms with Crippen molar-refractivity contribution in [1.29, 1.82) is 0 Å². The molecule has 26 heavy (non-hydrogen) atoms. The van der Waals surface area contributed by atoms with Crippen molar-refractivity contribution in [1.82, 2.24) is 0 Å². The molecule has 1 N–H and O–H groups in total. The smallest absolute Gasteiger partial charge is 0.248 e. The molecule has 0 radical (unpaired) electrons. The number of benzene rings is 2. The Morgan fingerprint density at radius 1 is 1.12 bits per heavy atom. The number of halogens is 1. The lowest BCUT2D eigenvalue weighted by molar-refractivity contribution is -0.116. The number of hydrogen-bond donors (Lipinski definition) is 1. The first-order valence-electron chi connectivity index (χ1n) is 8.15. The molecule has 140 valence electrons. The van der Waals surface area contributed by atoms with Crippen molar-refractivity contribution in [3.8, 4) is 0 Å². The monoisotopic (exact) mass is 378 g/mol. The van der Waals surface area contributed by atoms with Crippen molar-refractivity contribution in [2.24, 2.45) is 0 Å². The van der Waals surface area contributed by atoms with Crippen molar-refractivity contribution < 1.29 is 17.6 Å². The van der Waals surface area contributed by atoms with Crippen LogP contribution >= 0.6 is 0 Å². The molecule has 1 atom stereocenters. The van der Waals surface area contributed by atoms with Crippen LogP contribution < -0.4 is 9.62 Å². The van der Waals surface area contributed by atoms with Crippen molar-refractivity contribution in [2.45, 2.75) is 33.7 Å². The van der Waals surface area contributed by atoms with Gasteiger partial charge < -0.3 is 5.32 Å². The van der Waals surface area contributed by atoms with E-state index in [0.29, 0.717) is 5.69 Å². The number of sulfonamides is 1. The van der Waals surface area contributed by atoms with Crippen molar-refractivity contribution in [3.63, 3.8) is 0 Å². The number of rotatable bonds is 5. The zero-order chi connectivity index (χ0) is 19.6. The lowest BCUT2D eigenvalue weighted by atomic mass is 10.0. The van der Waals surface area contributed by atoms with E-state index >= 15 is 0 Å². The van der Waals surface area contributed by atoms with Gasteiger partial charge in [0.25, 0.3) is 0 Å². The molecular weight excluding hydrogens is 355 g/mol. The molecule has 1 amide bonds. The molecule has 0 aliphatic carbocycles. The van der Waals surface area contributed by atoms with Crippen LogP contribution in [0.4, 0.5) is 15.8 Å². The summed E-state index contributed by atoms with van der Waals surface area (Å²) in [4.78, 5) is 12.7. The molecule has 0 saturated heterocycles. The SMILES string of the molecule is Cc1cc(C)c(NC(=O)[C@H](C)N(c2ccccc2F)S(C)(=O)=O)c(C)c1. The summed E-state index contributed by atoms with van der Waals surface area (Å²) in [6.07, 6.45) is 0.950. The Kier molecular flexibility index (Phi) is 5.71. The Morgan fingerprint density at radius 3 is 2.15 bits per heavy atom. The molecule has 0 spiro atoms. The Bertz CT molecular complexity index is 919. The van der Waals surface area contributed by atoms with Crippen LogP contribution in [0.5, 0.6) is 0 Å². The van der Waals surface area contributed by atoms with Gasteiger partial charge in [-0.05, 0) is 51.0 Å². The molecule has 0 heterocycles. The van der Waals surface area contributed by atoms with Gasteiger partial charge in [-0.3, -0.25) is 9.10 Å². The lowest BCUT2D eigenvalue weighted by Gasteiger charge is -2.29. The van der Waals surface area contributed by atoms with Crippen LogP contribution in [0.2, 0.25) is 0 Å². The average molecular weight is 378 g/mol. The Hall–Kier alpha value is -2.41. The highest BCUT2D eigenvalue weighted by molar-refractivity contribution is 7.92. The molecule has 2 rings (SSSR count). The zero-order valence-corrected chi connectivity index (χ0v) is 16.3. The number of para-hydroxylation sites is 1. The van der Waals surface area contributed by atoms with Crippen LogP contribution in [-0.2, 0) is 14.8 Å². The molecule has 0 aromatic heterocycles. The highest BCUT2D eigenvalue weighted by Gasteiger charge is 2.31. The molecule has 0 unspecified atom stereocenters. The van der Waals surface area contributed by atoms with Gasteiger partial charge in [0, 0.05) is 5.69 Å². The highest BCUT2D eigenvalue weighted by atomic mass is 32.2. The third-order valence-electron chi connectivity index (χ3n) is 4.10. The summed E-state index contributed by atoms with van der Waals surface area (Å²) in [5.74, 6) is -1.24. The van der Waals surface area contributed by atoms with Gasteiger partial charge in [0.1, 0.15) is 11.9 Å². The molecule has 0 aliphatic heterocycles. The third-order valence-corrected chi connectivity index (χ3v) is 5.33. The van der Waals surface area contributed by atoms with Gasteiger partial charge in [0.2, 0.25) is 15.9 Å². The zero-order valence-electron chi connectivity index (χ0n) is 15.5. The molecule has 5 nitrogen and oxygen atoms in total. The van der Waals surface area contributed by atoms with Crippen LogP contribution in [0.25, 0.3) is 0 Å². The van der Waals surface area contributed by atoms with Gasteiger partial charge in [0.05, 0.1) is 11.9 Å². The average Bonchev–Trinajstić information content (AvgIpc) is 2.51. The number of nitrogens with one attached hydrogen (secondary N) is 1. The van der Waals surface area contributed by atoms with E-state index in [9.17, 15) is 17.6 Å². The predicted molar refractivity (Wildman–Crippen MR) is 102 cm³/mol. The summed E-state index contributed by atoms with van der Waals surface area (Å²) in [5, 5.41) is 2.78. The minimum atomic E-state index is -3.87. The van der Waals surface area contributed by atoms with E-state index < -0.39 is 27.8 Å². The standard InChI is InChI=1S/C19H23FN2O3S/c1-12-10-13(2)18(14(3)11-12)21-19(23)15(4)22(26(5,24)25)17-9-7-6-8-16(17)20/h6-11,15H,1-5H3,(H,21,23)/t15-/m0/s1. The van der Waals surface area contributed by atoms with Gasteiger partial charge in [-0.25, -0.2) is 12.8 Å². The first kappa shape index (κ1) is 19.9. The fraction of sp³-hybridized carbons (Fsp3) is 0.316. The number of nitrogens with zero attached hydrogens (tertiary/aromatic N) is 1. The second-order valence-corrected chi connectivity index (χ2v) is 8.31. The van der Waals surface area contributed by atoms with Crippen molar-refractivity contribution in [3.05, 3.63) is 58.9 Å². The van der Waals surface area contributed by atoms with E-state index in [1.54, 1.807) is 0 Å². The molecule has 0 bridgehead atoms. The number of carbonyl (C=O) groups is 1. The molecule has 2 aromatic carbocycles. The fourth-order valence-electron chi connectivity index (χ4n) is 3.02. The fourth-order valence-corrected chi connectivity index (χ4v) is 4.19. The van der Waals surface area contributed by atoms with Crippen LogP contribution in [-0.4, -0.2) is 26.6 Å². The van der Waals surface area contributed by atoms with E-state index in [4.69, 9.17) is 0 Å². The van der Waals surface area contributed by atoms with Crippen LogP contribution in [0.15, 0.2) is 36.4 Å². The largest absolute Gasteiger partial charge is 0.324 e. The number of aryl methyl sites for hydroxylation is 3. The lowest BCUT2D eigenvalue weighted by Crippen LogP contribution is -2.45. The second-order valence-electron chi connectivity index (χ2n) is 6.45. The summed E-state index contributed by atoms with van der Waals surface area (Å²) in [7, 11) is -3.87. The highest BCUT2D eigenvalue weighted by Crippen LogP contribution is 2.26. The summed E-state index contributed by atoms with van der Waals surface area (Å²) in [6.45, 7) is 7.12. The maximum atomic E-state index is 14.2. The van der Waals surface area contributed by atoms with Gasteiger partial charge in [-0.1, -0.05) is 29.8 Å². The van der Waals surface area contributed by atoms with Crippen molar-refractivity contribution >= 4 is 27.3 Å². The Morgan fingerprint density at radius 2 is 1.65 bits per heavy atom. The van der Waals surface area contributed by atoms with E-state index in [2.05, 4.69) is 5.32 Å². The maximum Gasteiger partial charge on any atom is 0.248 e. The van der Waals surface area contributed by atoms with Crippen molar-refractivity contribution in [2.75, 3.05) is 15.9 Å². The molecule has 2 aromatic rings. The van der Waals surface area contributed by atoms with E-state index in [1.807, 2.05) is 32.9 Å². The Balaban J connectivity index is 2.40. The van der Waals surface area contributed by atoms with Gasteiger partial charge >= 0.3 is 0 Å². The van der Waals surface area contributed by atoms with Crippen LogP contribution in [0, 0.1) is 26.6 Å². The minimum absolute atomic E-state index is 0.157. The Labute approximate surface area is 153 Å². The second kappa shape index (κ2) is 7.45. The molecule has 0 fully saturated rings. The van der Waals surface area contributed by atoms with Crippen LogP contribution in [0.1, 0.15) is 23.6 Å². The summed E-state index contributed by atoms with van der Waals surface area (Å²) >= 11 is 0. The van der Waals surface area contributed by atoms with E-state index in [-0.39, 0.29) is 5.69 Å².